The maximum atomic E-state index is 9.22. The van der Waals surface area contributed by atoms with Gasteiger partial charge in [0.15, 0.2) is 0 Å². The van der Waals surface area contributed by atoms with Gasteiger partial charge in [0.25, 0.3) is 0 Å². The van der Waals surface area contributed by atoms with Gasteiger partial charge in [0, 0.05) is 9.37 Å². The largest absolute Gasteiger partial charge is 0.457 e. The molecule has 0 saturated carbocycles. The summed E-state index contributed by atoms with van der Waals surface area (Å²) in [5, 5.41) is 9.22. The molecule has 0 aliphatic rings. The summed E-state index contributed by atoms with van der Waals surface area (Å²) in [6.45, 7) is 2.12. The lowest BCUT2D eigenvalue weighted by Crippen LogP contribution is -1.89. The van der Waals surface area contributed by atoms with Crippen molar-refractivity contribution in [2.75, 3.05) is 5.75 Å². The lowest BCUT2D eigenvalue weighted by Gasteiger charge is -2.08. The van der Waals surface area contributed by atoms with Crippen LogP contribution in [0.2, 0.25) is 0 Å². The second-order valence-electron chi connectivity index (χ2n) is 3.92. The highest BCUT2D eigenvalue weighted by Crippen LogP contribution is 2.28. The van der Waals surface area contributed by atoms with E-state index in [1.54, 1.807) is 11.8 Å². The Morgan fingerprint density at radius 1 is 1.11 bits per heavy atom. The van der Waals surface area contributed by atoms with Gasteiger partial charge < -0.3 is 9.84 Å². The molecule has 2 aromatic carbocycles. The molecule has 0 aliphatic heterocycles. The van der Waals surface area contributed by atoms with Crippen LogP contribution in [-0.4, -0.2) is 10.9 Å². The zero-order chi connectivity index (χ0) is 13.7. The van der Waals surface area contributed by atoms with Crippen molar-refractivity contribution < 1.29 is 9.84 Å². The van der Waals surface area contributed by atoms with E-state index in [4.69, 9.17) is 4.74 Å². The summed E-state index contributed by atoms with van der Waals surface area (Å²) in [5.41, 5.74) is 0.815. The van der Waals surface area contributed by atoms with Crippen molar-refractivity contribution in [3.63, 3.8) is 0 Å². The number of hydrogen-bond donors (Lipinski definition) is 1. The third-order valence-electron chi connectivity index (χ3n) is 2.56. The third-order valence-corrected chi connectivity index (χ3v) is 4.23. The smallest absolute Gasteiger partial charge is 0.127 e. The van der Waals surface area contributed by atoms with E-state index in [1.165, 1.54) is 4.90 Å². The van der Waals surface area contributed by atoms with Crippen LogP contribution in [-0.2, 0) is 6.61 Å². The topological polar surface area (TPSA) is 29.5 Å². The molecule has 0 amide bonds. The number of benzene rings is 2. The normalized spacial score (nSPS) is 10.5. The predicted molar refractivity (Wildman–Crippen MR) is 83.0 cm³/mol. The standard InChI is InChI=1S/C15H15BrO2S/c1-2-19-14-6-3-12(4-7-14)18-13-5-8-15(16)11(9-13)10-17/h3-9,17H,2,10H2,1H3. The van der Waals surface area contributed by atoms with Gasteiger partial charge in [0.05, 0.1) is 6.61 Å². The van der Waals surface area contributed by atoms with Gasteiger partial charge >= 0.3 is 0 Å². The Bertz CT molecular complexity index is 540. The van der Waals surface area contributed by atoms with Gasteiger partial charge in [-0.05, 0) is 53.8 Å². The molecule has 0 bridgehead atoms. The fourth-order valence-corrected chi connectivity index (χ4v) is 2.68. The molecule has 2 aromatic rings. The molecule has 0 spiro atoms. The van der Waals surface area contributed by atoms with E-state index < -0.39 is 0 Å². The molecular formula is C15H15BrO2S. The minimum absolute atomic E-state index is 0.0101. The molecule has 19 heavy (non-hydrogen) atoms. The van der Waals surface area contributed by atoms with Crippen LogP contribution in [0.5, 0.6) is 11.5 Å². The fourth-order valence-electron chi connectivity index (χ4n) is 1.64. The molecule has 0 aliphatic carbocycles. The molecule has 100 valence electrons. The van der Waals surface area contributed by atoms with Gasteiger partial charge in [0.2, 0.25) is 0 Å². The number of halogens is 1. The lowest BCUT2D eigenvalue weighted by molar-refractivity contribution is 0.280. The Labute approximate surface area is 125 Å². The summed E-state index contributed by atoms with van der Waals surface area (Å²) in [4.78, 5) is 1.24. The Hall–Kier alpha value is -0.970. The summed E-state index contributed by atoms with van der Waals surface area (Å²) in [7, 11) is 0. The van der Waals surface area contributed by atoms with Crippen LogP contribution in [0.1, 0.15) is 12.5 Å². The zero-order valence-corrected chi connectivity index (χ0v) is 13.0. The maximum absolute atomic E-state index is 9.22. The van der Waals surface area contributed by atoms with Crippen molar-refractivity contribution >= 4 is 27.7 Å². The number of aliphatic hydroxyl groups is 1. The Morgan fingerprint density at radius 2 is 1.79 bits per heavy atom. The summed E-state index contributed by atoms with van der Waals surface area (Å²) in [6, 6.07) is 13.6. The average Bonchev–Trinajstić information content (AvgIpc) is 2.43. The molecule has 0 fully saturated rings. The Kier molecular flexibility index (Phi) is 5.31. The molecule has 1 N–H and O–H groups in total. The van der Waals surface area contributed by atoms with E-state index in [2.05, 4.69) is 35.0 Å². The van der Waals surface area contributed by atoms with Crippen molar-refractivity contribution in [2.24, 2.45) is 0 Å². The summed E-state index contributed by atoms with van der Waals surface area (Å²) < 4.78 is 6.65. The SMILES string of the molecule is CCSc1ccc(Oc2ccc(Br)c(CO)c2)cc1. The van der Waals surface area contributed by atoms with Crippen LogP contribution in [0.4, 0.5) is 0 Å². The summed E-state index contributed by atoms with van der Waals surface area (Å²) >= 11 is 5.19. The average molecular weight is 339 g/mol. The zero-order valence-electron chi connectivity index (χ0n) is 10.6. The van der Waals surface area contributed by atoms with Crippen molar-refractivity contribution in [3.8, 4) is 11.5 Å². The molecule has 2 rings (SSSR count). The summed E-state index contributed by atoms with van der Waals surface area (Å²) in [5.74, 6) is 2.59. The van der Waals surface area contributed by atoms with Gasteiger partial charge in [0.1, 0.15) is 11.5 Å². The first-order chi connectivity index (χ1) is 9.22. The highest BCUT2D eigenvalue weighted by atomic mass is 79.9. The Balaban J connectivity index is 2.12. The number of rotatable bonds is 5. The minimum atomic E-state index is -0.0101. The van der Waals surface area contributed by atoms with E-state index in [0.29, 0.717) is 0 Å². The number of ether oxygens (including phenoxy) is 1. The first-order valence-corrected chi connectivity index (χ1v) is 7.80. The lowest BCUT2D eigenvalue weighted by atomic mass is 10.2. The van der Waals surface area contributed by atoms with E-state index in [-0.39, 0.29) is 6.61 Å². The van der Waals surface area contributed by atoms with Gasteiger partial charge in [-0.25, -0.2) is 0 Å². The van der Waals surface area contributed by atoms with Crippen molar-refractivity contribution in [3.05, 3.63) is 52.5 Å². The maximum Gasteiger partial charge on any atom is 0.127 e. The monoisotopic (exact) mass is 338 g/mol. The molecule has 0 heterocycles. The molecule has 2 nitrogen and oxygen atoms in total. The van der Waals surface area contributed by atoms with E-state index in [9.17, 15) is 5.11 Å². The first kappa shape index (κ1) is 14.4. The van der Waals surface area contributed by atoms with Crippen LogP contribution in [0.3, 0.4) is 0 Å². The van der Waals surface area contributed by atoms with Crippen molar-refractivity contribution in [2.45, 2.75) is 18.4 Å². The molecule has 0 unspecified atom stereocenters. The van der Waals surface area contributed by atoms with Gasteiger partial charge in [-0.1, -0.05) is 22.9 Å². The second kappa shape index (κ2) is 6.98. The third kappa shape index (κ3) is 4.00. The highest BCUT2D eigenvalue weighted by Gasteiger charge is 2.03. The second-order valence-corrected chi connectivity index (χ2v) is 6.11. The highest BCUT2D eigenvalue weighted by molar-refractivity contribution is 9.10. The van der Waals surface area contributed by atoms with Crippen molar-refractivity contribution in [1.82, 2.24) is 0 Å². The number of hydrogen-bond acceptors (Lipinski definition) is 3. The number of aliphatic hydroxyl groups excluding tert-OH is 1. The van der Waals surface area contributed by atoms with Crippen LogP contribution < -0.4 is 4.74 Å². The van der Waals surface area contributed by atoms with Crippen LogP contribution in [0.25, 0.3) is 0 Å². The molecule has 4 heteroatoms. The number of thioether (sulfide) groups is 1. The van der Waals surface area contributed by atoms with Crippen LogP contribution in [0, 0.1) is 0 Å². The van der Waals surface area contributed by atoms with Gasteiger partial charge in [-0.3, -0.25) is 0 Å². The molecule has 0 radical (unpaired) electrons. The Morgan fingerprint density at radius 3 is 2.42 bits per heavy atom. The van der Waals surface area contributed by atoms with Crippen LogP contribution >= 0.6 is 27.7 Å². The van der Waals surface area contributed by atoms with E-state index in [1.807, 2.05) is 30.3 Å². The van der Waals surface area contributed by atoms with Crippen LogP contribution in [0.15, 0.2) is 51.8 Å². The van der Waals surface area contributed by atoms with E-state index in [0.717, 1.165) is 27.3 Å². The van der Waals surface area contributed by atoms with Gasteiger partial charge in [-0.15, -0.1) is 11.8 Å². The molecule has 0 atom stereocenters. The van der Waals surface area contributed by atoms with Crippen molar-refractivity contribution in [1.29, 1.82) is 0 Å². The van der Waals surface area contributed by atoms with Gasteiger partial charge in [-0.2, -0.15) is 0 Å². The molecule has 0 saturated heterocycles. The molecule has 0 aromatic heterocycles. The minimum Gasteiger partial charge on any atom is -0.457 e. The predicted octanol–water partition coefficient (Wildman–Crippen LogP) is 4.85. The van der Waals surface area contributed by atoms with E-state index >= 15 is 0 Å². The first-order valence-electron chi connectivity index (χ1n) is 6.03. The quantitative estimate of drug-likeness (QED) is 0.790. The molecular weight excluding hydrogens is 324 g/mol. The summed E-state index contributed by atoms with van der Waals surface area (Å²) in [6.07, 6.45) is 0. The fraction of sp³-hybridized carbons (Fsp3) is 0.200.